The van der Waals surface area contributed by atoms with Crippen LogP contribution in [0.25, 0.3) is 0 Å². The second-order valence-electron chi connectivity index (χ2n) is 8.97. The maximum atomic E-state index is 12.8. The van der Waals surface area contributed by atoms with Gasteiger partial charge in [0.25, 0.3) is 5.17 Å². The van der Waals surface area contributed by atoms with Crippen LogP contribution in [0.4, 0.5) is 0 Å². The van der Waals surface area contributed by atoms with Gasteiger partial charge in [-0.3, -0.25) is 0 Å². The Kier molecular flexibility index (Phi) is 6.33. The molecule has 0 spiro atoms. The molecule has 0 aliphatic carbocycles. The molecular weight excluding hydrogens is 346 g/mol. The summed E-state index contributed by atoms with van der Waals surface area (Å²) in [5.41, 5.74) is 0.352. The molecule has 0 unspecified atom stereocenters. The predicted molar refractivity (Wildman–Crippen MR) is 108 cm³/mol. The van der Waals surface area contributed by atoms with Gasteiger partial charge in [-0.15, -0.1) is 0 Å². The van der Waals surface area contributed by atoms with E-state index in [9.17, 15) is 4.79 Å². The minimum absolute atomic E-state index is 0.229. The number of hydrogen-bond acceptors (Lipinski definition) is 4. The van der Waals surface area contributed by atoms with Crippen LogP contribution in [0.3, 0.4) is 0 Å². The number of esters is 1. The molecule has 2 rings (SSSR count). The number of hydrogen-bond donors (Lipinski definition) is 0. The molecule has 5 heteroatoms. The third kappa shape index (κ3) is 6.27. The molecule has 1 fully saturated rings. The third-order valence-electron chi connectivity index (χ3n) is 4.06. The molecule has 0 bridgehead atoms. The molecule has 1 aliphatic heterocycles. The molecule has 0 amide bonds. The fraction of sp³-hybridized carbons (Fsp3) is 0.619. The Hall–Kier alpha value is -1.62. The summed E-state index contributed by atoms with van der Waals surface area (Å²) in [4.78, 5) is 14.7. The molecule has 4 nitrogen and oxygen atoms in total. The molecule has 0 N–H and O–H groups in total. The van der Waals surface area contributed by atoms with E-state index in [1.54, 1.807) is 0 Å². The molecular formula is C21H31NO3S. The van der Waals surface area contributed by atoms with Gasteiger partial charge in [0.05, 0.1) is 0 Å². The van der Waals surface area contributed by atoms with E-state index in [0.717, 1.165) is 12.8 Å². The van der Waals surface area contributed by atoms with Crippen LogP contribution >= 0.6 is 12.2 Å². The van der Waals surface area contributed by atoms with Gasteiger partial charge in [0.2, 0.25) is 0 Å². The molecule has 26 heavy (non-hydrogen) atoms. The minimum atomic E-state index is -0.521. The van der Waals surface area contributed by atoms with Crippen molar-refractivity contribution >= 4 is 23.4 Å². The Bertz CT molecular complexity index is 595. The van der Waals surface area contributed by atoms with Crippen molar-refractivity contribution in [1.29, 1.82) is 0 Å². The normalized spacial score (nSPS) is 20.8. The Morgan fingerprint density at radius 3 is 2.19 bits per heavy atom. The van der Waals surface area contributed by atoms with E-state index in [2.05, 4.69) is 12.1 Å². The van der Waals surface area contributed by atoms with Gasteiger partial charge in [-0.25, -0.2) is 4.79 Å². The third-order valence-corrected chi connectivity index (χ3v) is 4.38. The van der Waals surface area contributed by atoms with Crippen molar-refractivity contribution in [3.8, 4) is 0 Å². The Labute approximate surface area is 162 Å². The van der Waals surface area contributed by atoms with Gasteiger partial charge in [0.15, 0.2) is 0 Å². The van der Waals surface area contributed by atoms with Crippen LogP contribution < -0.4 is 0 Å². The van der Waals surface area contributed by atoms with E-state index >= 15 is 0 Å². The summed E-state index contributed by atoms with van der Waals surface area (Å²) in [5, 5.41) is 0.379. The standard InChI is InChI=1S/C21H31NO3S/c1-20(2,3)24-18(23)17-13-16(12-15-10-8-7-9-11-15)14-22(17)19(26)25-21(4,5)6/h7-11,16-17H,12-14H2,1-6H3/t16-,17-/m0/s1. The lowest BCUT2D eigenvalue weighted by Crippen LogP contribution is -2.45. The smallest absolute Gasteiger partial charge is 0.329 e. The average molecular weight is 378 g/mol. The van der Waals surface area contributed by atoms with Gasteiger partial charge in [0.1, 0.15) is 17.2 Å². The van der Waals surface area contributed by atoms with Crippen molar-refractivity contribution in [3.05, 3.63) is 35.9 Å². The van der Waals surface area contributed by atoms with E-state index in [0.29, 0.717) is 17.6 Å². The number of carbonyl (C=O) groups excluding carboxylic acids is 1. The first-order valence-electron chi connectivity index (χ1n) is 9.21. The molecule has 1 saturated heterocycles. The van der Waals surface area contributed by atoms with Crippen LogP contribution in [0.2, 0.25) is 0 Å². The highest BCUT2D eigenvalue weighted by molar-refractivity contribution is 7.80. The van der Waals surface area contributed by atoms with Crippen LogP contribution in [0.15, 0.2) is 30.3 Å². The van der Waals surface area contributed by atoms with Crippen LogP contribution in [0.5, 0.6) is 0 Å². The molecule has 144 valence electrons. The topological polar surface area (TPSA) is 38.8 Å². The quantitative estimate of drug-likeness (QED) is 0.578. The predicted octanol–water partition coefficient (Wildman–Crippen LogP) is 4.36. The fourth-order valence-corrected chi connectivity index (χ4v) is 3.59. The maximum absolute atomic E-state index is 12.8. The lowest BCUT2D eigenvalue weighted by molar-refractivity contribution is -0.159. The summed E-state index contributed by atoms with van der Waals surface area (Å²) in [5.74, 6) is 0.101. The van der Waals surface area contributed by atoms with E-state index in [1.165, 1.54) is 5.56 Å². The highest BCUT2D eigenvalue weighted by Crippen LogP contribution is 2.30. The van der Waals surface area contributed by atoms with Gasteiger partial charge >= 0.3 is 5.97 Å². The highest BCUT2D eigenvalue weighted by Gasteiger charge is 2.41. The van der Waals surface area contributed by atoms with Gasteiger partial charge in [-0.1, -0.05) is 30.3 Å². The number of benzene rings is 1. The summed E-state index contributed by atoms with van der Waals surface area (Å²) >= 11 is 5.51. The summed E-state index contributed by atoms with van der Waals surface area (Å²) in [7, 11) is 0. The van der Waals surface area contributed by atoms with E-state index in [-0.39, 0.29) is 5.97 Å². The van der Waals surface area contributed by atoms with Crippen molar-refractivity contribution in [2.24, 2.45) is 5.92 Å². The molecule has 2 atom stereocenters. The molecule has 1 heterocycles. The number of thiocarbonyl (C=S) groups is 1. The average Bonchev–Trinajstić information content (AvgIpc) is 2.89. The second-order valence-corrected chi connectivity index (χ2v) is 9.32. The number of nitrogens with zero attached hydrogens (tertiary/aromatic N) is 1. The number of likely N-dealkylation sites (tertiary alicyclic amines) is 1. The Morgan fingerprint density at radius 1 is 1.08 bits per heavy atom. The fourth-order valence-electron chi connectivity index (χ4n) is 3.13. The van der Waals surface area contributed by atoms with Gasteiger partial charge in [-0.2, -0.15) is 0 Å². The van der Waals surface area contributed by atoms with Gasteiger partial charge in [0, 0.05) is 6.54 Å². The zero-order chi connectivity index (χ0) is 19.5. The summed E-state index contributed by atoms with van der Waals surface area (Å²) in [6, 6.07) is 9.95. The van der Waals surface area contributed by atoms with E-state index < -0.39 is 17.2 Å². The second kappa shape index (κ2) is 7.95. The largest absolute Gasteiger partial charge is 0.465 e. The maximum Gasteiger partial charge on any atom is 0.329 e. The van der Waals surface area contributed by atoms with Gasteiger partial charge < -0.3 is 14.4 Å². The van der Waals surface area contributed by atoms with Crippen LogP contribution in [0, 0.1) is 5.92 Å². The van der Waals surface area contributed by atoms with Crippen LogP contribution in [-0.2, 0) is 20.7 Å². The minimum Gasteiger partial charge on any atom is -0.465 e. The number of carbonyl (C=O) groups is 1. The van der Waals surface area contributed by atoms with Crippen molar-refractivity contribution in [3.63, 3.8) is 0 Å². The van der Waals surface area contributed by atoms with Crippen molar-refractivity contribution in [2.75, 3.05) is 6.54 Å². The molecule has 1 aliphatic rings. The first kappa shape index (κ1) is 20.7. The molecule has 0 saturated carbocycles. The Balaban J connectivity index is 2.14. The molecule has 0 aromatic heterocycles. The molecule has 0 radical (unpaired) electrons. The molecule has 1 aromatic rings. The summed E-state index contributed by atoms with van der Waals surface area (Å²) in [6.07, 6.45) is 1.63. The zero-order valence-corrected chi connectivity index (χ0v) is 17.6. The van der Waals surface area contributed by atoms with E-state index in [4.69, 9.17) is 21.7 Å². The van der Waals surface area contributed by atoms with Gasteiger partial charge in [-0.05, 0) is 78.1 Å². The first-order valence-corrected chi connectivity index (χ1v) is 9.62. The summed E-state index contributed by atoms with van der Waals surface area (Å²) in [6.45, 7) is 12.2. The Morgan fingerprint density at radius 2 is 1.65 bits per heavy atom. The lowest BCUT2D eigenvalue weighted by Gasteiger charge is -2.31. The SMILES string of the molecule is CC(C)(C)OC(=O)[C@@H]1C[C@H](Cc2ccccc2)CN1C(=S)OC(C)(C)C. The highest BCUT2D eigenvalue weighted by atomic mass is 32.1. The van der Waals surface area contributed by atoms with E-state index in [1.807, 2.05) is 64.6 Å². The lowest BCUT2D eigenvalue weighted by atomic mass is 9.97. The summed E-state index contributed by atoms with van der Waals surface area (Å²) < 4.78 is 11.5. The number of rotatable bonds is 3. The first-order chi connectivity index (χ1) is 11.9. The van der Waals surface area contributed by atoms with Crippen molar-refractivity contribution in [1.82, 2.24) is 4.90 Å². The number of ether oxygens (including phenoxy) is 2. The van der Waals surface area contributed by atoms with Crippen LogP contribution in [0.1, 0.15) is 53.5 Å². The monoisotopic (exact) mass is 377 g/mol. The zero-order valence-electron chi connectivity index (χ0n) is 16.7. The van der Waals surface area contributed by atoms with Crippen molar-refractivity contribution in [2.45, 2.75) is 71.6 Å². The van der Waals surface area contributed by atoms with Crippen LogP contribution in [-0.4, -0.2) is 39.8 Å². The van der Waals surface area contributed by atoms with Crippen molar-refractivity contribution < 1.29 is 14.3 Å². The molecule has 1 aromatic carbocycles.